The fourth-order valence-corrected chi connectivity index (χ4v) is 7.86. The van der Waals surface area contributed by atoms with Gasteiger partial charge in [-0.25, -0.2) is 13.1 Å². The number of hydrogen-bond donors (Lipinski definition) is 1. The van der Waals surface area contributed by atoms with Crippen LogP contribution in [0.4, 0.5) is 0 Å². The maximum atomic E-state index is 13.6. The van der Waals surface area contributed by atoms with E-state index in [1.54, 1.807) is 22.8 Å². The Bertz CT molecular complexity index is 1570. The molecule has 186 valence electrons. The van der Waals surface area contributed by atoms with Crippen molar-refractivity contribution in [2.45, 2.75) is 61.6 Å². The Hall–Kier alpha value is -2.94. The number of hydrogen-bond acceptors (Lipinski definition) is 5. The summed E-state index contributed by atoms with van der Waals surface area (Å²) in [5.41, 5.74) is 2.31. The van der Waals surface area contributed by atoms with Crippen molar-refractivity contribution in [3.63, 3.8) is 0 Å². The van der Waals surface area contributed by atoms with Gasteiger partial charge in [0.2, 0.25) is 10.0 Å². The zero-order chi connectivity index (χ0) is 24.8. The predicted octanol–water partition coefficient (Wildman–Crippen LogP) is 5.62. The van der Waals surface area contributed by atoms with Crippen molar-refractivity contribution in [1.29, 1.82) is 0 Å². The molecule has 1 aliphatic carbocycles. The Balaban J connectivity index is 1.31. The molecule has 0 saturated heterocycles. The lowest BCUT2D eigenvalue weighted by Gasteiger charge is -2.44. The van der Waals surface area contributed by atoms with Gasteiger partial charge in [-0.15, -0.1) is 0 Å². The summed E-state index contributed by atoms with van der Waals surface area (Å²) in [5.74, 6) is 0.769. The van der Waals surface area contributed by atoms with Crippen molar-refractivity contribution in [1.82, 2.24) is 9.29 Å². The maximum absolute atomic E-state index is 13.6. The summed E-state index contributed by atoms with van der Waals surface area (Å²) in [4.78, 5) is 12.8. The van der Waals surface area contributed by atoms with Crippen LogP contribution in [0.1, 0.15) is 55.7 Å². The SMILES string of the molecule is O=c1sc2cc(S(=O)(=O)NC3CC4(CCCCC4)Oc4ccccc43)ccc2n1Cc1ccccc1. The second-order valence-electron chi connectivity index (χ2n) is 9.83. The van der Waals surface area contributed by atoms with Crippen molar-refractivity contribution in [3.8, 4) is 5.75 Å². The third-order valence-corrected chi connectivity index (χ3v) is 9.80. The van der Waals surface area contributed by atoms with Crippen LogP contribution < -0.4 is 14.3 Å². The molecular formula is C28H28N2O4S2. The summed E-state index contributed by atoms with van der Waals surface area (Å²) in [6, 6.07) is 22.1. The van der Waals surface area contributed by atoms with Crippen LogP contribution in [0.2, 0.25) is 0 Å². The number of aromatic nitrogens is 1. The van der Waals surface area contributed by atoms with E-state index in [2.05, 4.69) is 4.72 Å². The molecule has 1 saturated carbocycles. The Kier molecular flexibility index (Phi) is 5.98. The van der Waals surface area contributed by atoms with Crippen LogP contribution in [0.3, 0.4) is 0 Å². The average Bonchev–Trinajstić information content (AvgIpc) is 3.19. The molecule has 1 N–H and O–H groups in total. The third-order valence-electron chi connectivity index (χ3n) is 7.39. The van der Waals surface area contributed by atoms with E-state index in [0.717, 1.165) is 59.4 Å². The van der Waals surface area contributed by atoms with Gasteiger partial charge in [-0.05, 0) is 55.5 Å². The summed E-state index contributed by atoms with van der Waals surface area (Å²) in [6.45, 7) is 0.449. The first kappa shape index (κ1) is 23.5. The molecule has 8 heteroatoms. The second kappa shape index (κ2) is 9.18. The van der Waals surface area contributed by atoms with E-state index in [0.29, 0.717) is 17.7 Å². The number of fused-ring (bicyclic) bond motifs is 2. The first-order valence-corrected chi connectivity index (χ1v) is 14.7. The number of thiazole rings is 1. The molecule has 4 aromatic rings. The molecule has 6 rings (SSSR count). The molecule has 1 atom stereocenters. The number of nitrogens with one attached hydrogen (secondary N) is 1. The van der Waals surface area contributed by atoms with Crippen molar-refractivity contribution in [3.05, 3.63) is 93.6 Å². The van der Waals surface area contributed by atoms with Gasteiger partial charge in [0, 0.05) is 12.0 Å². The van der Waals surface area contributed by atoms with E-state index >= 15 is 0 Å². The first-order valence-electron chi connectivity index (χ1n) is 12.4. The fraction of sp³-hybridized carbons (Fsp3) is 0.321. The molecule has 36 heavy (non-hydrogen) atoms. The summed E-state index contributed by atoms with van der Waals surface area (Å²) in [5, 5.41) is 0. The Morgan fingerprint density at radius 2 is 1.72 bits per heavy atom. The van der Waals surface area contributed by atoms with Gasteiger partial charge in [0.15, 0.2) is 0 Å². The number of ether oxygens (including phenoxy) is 1. The van der Waals surface area contributed by atoms with Crippen LogP contribution in [0.25, 0.3) is 10.2 Å². The molecule has 0 radical (unpaired) electrons. The zero-order valence-corrected chi connectivity index (χ0v) is 21.5. The zero-order valence-electron chi connectivity index (χ0n) is 19.9. The van der Waals surface area contributed by atoms with Crippen LogP contribution in [-0.4, -0.2) is 18.6 Å². The molecular weight excluding hydrogens is 492 g/mol. The molecule has 0 bridgehead atoms. The highest BCUT2D eigenvalue weighted by molar-refractivity contribution is 7.89. The average molecular weight is 521 g/mol. The Labute approximate surface area is 214 Å². The normalized spacial score (nSPS) is 19.2. The van der Waals surface area contributed by atoms with E-state index in [-0.39, 0.29) is 21.4 Å². The number of sulfonamides is 1. The fourth-order valence-electron chi connectivity index (χ4n) is 5.61. The third kappa shape index (κ3) is 4.38. The van der Waals surface area contributed by atoms with Crippen LogP contribution in [0.15, 0.2) is 82.5 Å². The van der Waals surface area contributed by atoms with Gasteiger partial charge in [-0.3, -0.25) is 9.36 Å². The monoisotopic (exact) mass is 520 g/mol. The standard InChI is InChI=1S/C28H28N2O4S2/c31-27-30(19-20-9-3-1-4-10-20)24-14-13-21(17-26(24)35-27)36(32,33)29-23-18-28(15-7-2-8-16-28)34-25-12-6-5-11-22(23)25/h1,3-6,9-14,17,23,29H,2,7-8,15-16,18-19H2. The molecule has 1 fully saturated rings. The van der Waals surface area contributed by atoms with Crippen LogP contribution in [-0.2, 0) is 16.6 Å². The van der Waals surface area contributed by atoms with Crippen LogP contribution >= 0.6 is 11.3 Å². The summed E-state index contributed by atoms with van der Waals surface area (Å²) in [7, 11) is -3.82. The predicted molar refractivity (Wildman–Crippen MR) is 142 cm³/mol. The molecule has 0 amide bonds. The summed E-state index contributed by atoms with van der Waals surface area (Å²) >= 11 is 1.08. The van der Waals surface area contributed by atoms with Crippen molar-refractivity contribution >= 4 is 31.6 Å². The maximum Gasteiger partial charge on any atom is 0.308 e. The van der Waals surface area contributed by atoms with E-state index in [1.165, 1.54) is 6.42 Å². The van der Waals surface area contributed by atoms with Gasteiger partial charge >= 0.3 is 4.87 Å². The van der Waals surface area contributed by atoms with Crippen molar-refractivity contribution in [2.75, 3.05) is 0 Å². The minimum atomic E-state index is -3.82. The lowest BCUT2D eigenvalue weighted by molar-refractivity contribution is 0.0000751. The summed E-state index contributed by atoms with van der Waals surface area (Å²) < 4.78 is 38.9. The van der Waals surface area contributed by atoms with Gasteiger partial charge in [0.05, 0.1) is 27.7 Å². The van der Waals surface area contributed by atoms with Crippen molar-refractivity contribution in [2.24, 2.45) is 0 Å². The van der Waals surface area contributed by atoms with Gasteiger partial charge in [-0.1, -0.05) is 66.3 Å². The largest absolute Gasteiger partial charge is 0.487 e. The number of nitrogens with zero attached hydrogens (tertiary/aromatic N) is 1. The highest BCUT2D eigenvalue weighted by atomic mass is 32.2. The van der Waals surface area contributed by atoms with E-state index in [4.69, 9.17) is 4.74 Å². The topological polar surface area (TPSA) is 77.4 Å². The highest BCUT2D eigenvalue weighted by Crippen LogP contribution is 2.46. The molecule has 1 unspecified atom stereocenters. The lowest BCUT2D eigenvalue weighted by atomic mass is 9.77. The molecule has 2 aliphatic rings. The van der Waals surface area contributed by atoms with Crippen molar-refractivity contribution < 1.29 is 13.2 Å². The Morgan fingerprint density at radius 1 is 0.972 bits per heavy atom. The smallest absolute Gasteiger partial charge is 0.308 e. The van der Waals surface area contributed by atoms with Gasteiger partial charge in [0.1, 0.15) is 11.4 Å². The van der Waals surface area contributed by atoms with Gasteiger partial charge in [0.25, 0.3) is 0 Å². The lowest BCUT2D eigenvalue weighted by Crippen LogP contribution is -2.46. The minimum Gasteiger partial charge on any atom is -0.487 e. The van der Waals surface area contributed by atoms with Crippen LogP contribution in [0.5, 0.6) is 5.75 Å². The quantitative estimate of drug-likeness (QED) is 0.371. The molecule has 1 spiro atoms. The number of para-hydroxylation sites is 1. The highest BCUT2D eigenvalue weighted by Gasteiger charge is 2.43. The van der Waals surface area contributed by atoms with E-state index in [1.807, 2.05) is 54.6 Å². The molecule has 1 aromatic heterocycles. The van der Waals surface area contributed by atoms with Crippen LogP contribution in [0, 0.1) is 0 Å². The summed E-state index contributed by atoms with van der Waals surface area (Å²) in [6.07, 6.45) is 5.87. The molecule has 2 heterocycles. The van der Waals surface area contributed by atoms with E-state index < -0.39 is 10.0 Å². The molecule has 1 aliphatic heterocycles. The molecule has 6 nitrogen and oxygen atoms in total. The Morgan fingerprint density at radius 3 is 2.53 bits per heavy atom. The van der Waals surface area contributed by atoms with Gasteiger partial charge in [-0.2, -0.15) is 0 Å². The first-order chi connectivity index (χ1) is 17.4. The van der Waals surface area contributed by atoms with Gasteiger partial charge < -0.3 is 4.74 Å². The van der Waals surface area contributed by atoms with E-state index in [9.17, 15) is 13.2 Å². The molecule has 3 aromatic carbocycles. The second-order valence-corrected chi connectivity index (χ2v) is 12.5. The number of rotatable bonds is 5. The minimum absolute atomic E-state index is 0.103. The number of benzene rings is 3.